The molecule has 0 radical (unpaired) electrons. The zero-order chi connectivity index (χ0) is 13.9. The number of aromatic nitrogens is 4. The number of aryl methyl sites for hydroxylation is 1. The van der Waals surface area contributed by atoms with Crippen molar-refractivity contribution in [3.63, 3.8) is 0 Å². The SMILES string of the molecule is CCS(=O)(=O)CCn1nnnc1-c1ccc(N)cc1. The molecular formula is C11H15N5O2S. The third-order valence-corrected chi connectivity index (χ3v) is 4.44. The molecule has 102 valence electrons. The van der Waals surface area contributed by atoms with Crippen LogP contribution in [0.4, 0.5) is 5.69 Å². The van der Waals surface area contributed by atoms with E-state index >= 15 is 0 Å². The first-order valence-corrected chi connectivity index (χ1v) is 7.66. The highest BCUT2D eigenvalue weighted by Gasteiger charge is 2.12. The van der Waals surface area contributed by atoms with Gasteiger partial charge in [0.2, 0.25) is 0 Å². The molecule has 0 unspecified atom stereocenters. The van der Waals surface area contributed by atoms with Gasteiger partial charge in [-0.2, -0.15) is 0 Å². The summed E-state index contributed by atoms with van der Waals surface area (Å²) in [4.78, 5) is 0. The van der Waals surface area contributed by atoms with Crippen molar-refractivity contribution in [2.75, 3.05) is 17.2 Å². The molecule has 2 rings (SSSR count). The molecule has 0 bridgehead atoms. The Balaban J connectivity index is 2.21. The lowest BCUT2D eigenvalue weighted by atomic mass is 10.2. The Morgan fingerprint density at radius 3 is 2.58 bits per heavy atom. The van der Waals surface area contributed by atoms with Gasteiger partial charge < -0.3 is 5.73 Å². The topological polar surface area (TPSA) is 104 Å². The Bertz CT molecular complexity index is 648. The molecule has 2 aromatic rings. The summed E-state index contributed by atoms with van der Waals surface area (Å²) >= 11 is 0. The van der Waals surface area contributed by atoms with E-state index in [4.69, 9.17) is 5.73 Å². The van der Waals surface area contributed by atoms with E-state index in [1.54, 1.807) is 31.2 Å². The molecule has 19 heavy (non-hydrogen) atoms. The quantitative estimate of drug-likeness (QED) is 0.793. The van der Waals surface area contributed by atoms with Crippen LogP contribution < -0.4 is 5.73 Å². The number of tetrazole rings is 1. The van der Waals surface area contributed by atoms with Crippen LogP contribution in [0.5, 0.6) is 0 Å². The monoisotopic (exact) mass is 281 g/mol. The van der Waals surface area contributed by atoms with Gasteiger partial charge in [0.05, 0.1) is 12.3 Å². The van der Waals surface area contributed by atoms with Crippen LogP contribution in [0.2, 0.25) is 0 Å². The van der Waals surface area contributed by atoms with Crippen molar-refractivity contribution in [3.05, 3.63) is 24.3 Å². The summed E-state index contributed by atoms with van der Waals surface area (Å²) in [5.74, 6) is 0.675. The number of anilines is 1. The summed E-state index contributed by atoms with van der Waals surface area (Å²) in [6.45, 7) is 1.86. The first-order valence-electron chi connectivity index (χ1n) is 5.84. The van der Waals surface area contributed by atoms with E-state index in [0.29, 0.717) is 11.5 Å². The number of hydrogen-bond acceptors (Lipinski definition) is 6. The van der Waals surface area contributed by atoms with Gasteiger partial charge in [0, 0.05) is 17.0 Å². The predicted octanol–water partition coefficient (Wildman–Crippen LogP) is 0.357. The van der Waals surface area contributed by atoms with Crippen LogP contribution in [0.25, 0.3) is 11.4 Å². The second-order valence-corrected chi connectivity index (χ2v) is 6.56. The third kappa shape index (κ3) is 3.28. The molecule has 0 spiro atoms. The Labute approximate surface area is 111 Å². The van der Waals surface area contributed by atoms with Gasteiger partial charge in [-0.15, -0.1) is 5.10 Å². The van der Waals surface area contributed by atoms with Crippen molar-refractivity contribution in [2.24, 2.45) is 0 Å². The third-order valence-electron chi connectivity index (χ3n) is 2.75. The Morgan fingerprint density at radius 2 is 1.95 bits per heavy atom. The van der Waals surface area contributed by atoms with E-state index < -0.39 is 9.84 Å². The van der Waals surface area contributed by atoms with E-state index in [0.717, 1.165) is 5.56 Å². The Kier molecular flexibility index (Phi) is 3.79. The highest BCUT2D eigenvalue weighted by atomic mass is 32.2. The normalized spacial score (nSPS) is 11.6. The number of rotatable bonds is 5. The van der Waals surface area contributed by atoms with Crippen LogP contribution >= 0.6 is 0 Å². The minimum Gasteiger partial charge on any atom is -0.399 e. The van der Waals surface area contributed by atoms with Crippen LogP contribution in [-0.4, -0.2) is 40.1 Å². The smallest absolute Gasteiger partial charge is 0.182 e. The summed E-state index contributed by atoms with van der Waals surface area (Å²) in [7, 11) is -3.04. The van der Waals surface area contributed by atoms with Crippen molar-refractivity contribution in [1.82, 2.24) is 20.2 Å². The number of nitrogen functional groups attached to an aromatic ring is 1. The van der Waals surface area contributed by atoms with Gasteiger partial charge in [-0.3, -0.25) is 0 Å². The summed E-state index contributed by atoms with van der Waals surface area (Å²) in [5, 5.41) is 11.3. The number of nitrogens with zero attached hydrogens (tertiary/aromatic N) is 4. The van der Waals surface area contributed by atoms with Crippen LogP contribution in [-0.2, 0) is 16.4 Å². The fraction of sp³-hybridized carbons (Fsp3) is 0.364. The van der Waals surface area contributed by atoms with Gasteiger partial charge in [-0.1, -0.05) is 6.92 Å². The molecule has 7 nitrogen and oxygen atoms in total. The van der Waals surface area contributed by atoms with Gasteiger partial charge in [0.1, 0.15) is 0 Å². The van der Waals surface area contributed by atoms with Crippen LogP contribution in [0.3, 0.4) is 0 Å². The maximum Gasteiger partial charge on any atom is 0.182 e. The predicted molar refractivity (Wildman–Crippen MR) is 72.0 cm³/mol. The van der Waals surface area contributed by atoms with Gasteiger partial charge in [-0.05, 0) is 34.7 Å². The van der Waals surface area contributed by atoms with Crippen molar-refractivity contribution in [2.45, 2.75) is 13.5 Å². The lowest BCUT2D eigenvalue weighted by molar-refractivity contribution is 0.577. The van der Waals surface area contributed by atoms with E-state index in [9.17, 15) is 8.42 Å². The molecule has 2 N–H and O–H groups in total. The number of benzene rings is 1. The Hall–Kier alpha value is -1.96. The molecule has 0 aliphatic rings. The van der Waals surface area contributed by atoms with Crippen LogP contribution in [0.1, 0.15) is 6.92 Å². The van der Waals surface area contributed by atoms with E-state index in [2.05, 4.69) is 15.5 Å². The van der Waals surface area contributed by atoms with Gasteiger partial charge >= 0.3 is 0 Å². The number of sulfone groups is 1. The average Bonchev–Trinajstić information content (AvgIpc) is 2.86. The molecular weight excluding hydrogens is 266 g/mol. The molecule has 1 heterocycles. The summed E-state index contributed by atoms with van der Waals surface area (Å²) in [6, 6.07) is 7.09. The minimum absolute atomic E-state index is 0.0243. The highest BCUT2D eigenvalue weighted by Crippen LogP contribution is 2.17. The fourth-order valence-electron chi connectivity index (χ4n) is 1.56. The average molecular weight is 281 g/mol. The van der Waals surface area contributed by atoms with Gasteiger partial charge in [-0.25, -0.2) is 13.1 Å². The largest absolute Gasteiger partial charge is 0.399 e. The van der Waals surface area contributed by atoms with Crippen molar-refractivity contribution in [3.8, 4) is 11.4 Å². The second kappa shape index (κ2) is 5.35. The fourth-order valence-corrected chi connectivity index (χ4v) is 2.30. The van der Waals surface area contributed by atoms with E-state index in [-0.39, 0.29) is 18.1 Å². The van der Waals surface area contributed by atoms with Gasteiger partial charge in [0.25, 0.3) is 0 Å². The second-order valence-electron chi connectivity index (χ2n) is 4.08. The van der Waals surface area contributed by atoms with Crippen LogP contribution in [0.15, 0.2) is 24.3 Å². The lowest BCUT2D eigenvalue weighted by Crippen LogP contribution is -2.16. The summed E-state index contributed by atoms with van der Waals surface area (Å²) < 4.78 is 24.5. The maximum absolute atomic E-state index is 11.5. The van der Waals surface area contributed by atoms with Crippen molar-refractivity contribution in [1.29, 1.82) is 0 Å². The zero-order valence-electron chi connectivity index (χ0n) is 10.5. The standard InChI is InChI=1S/C11H15N5O2S/c1-2-19(17,18)8-7-16-11(13-14-15-16)9-3-5-10(12)6-4-9/h3-6H,2,7-8,12H2,1H3. The maximum atomic E-state index is 11.5. The molecule has 0 saturated heterocycles. The number of hydrogen-bond donors (Lipinski definition) is 1. The summed E-state index contributed by atoms with van der Waals surface area (Å²) in [6.07, 6.45) is 0. The first-order chi connectivity index (χ1) is 9.02. The number of nitrogens with two attached hydrogens (primary N) is 1. The molecule has 8 heteroatoms. The molecule has 1 aromatic carbocycles. The first kappa shape index (κ1) is 13.5. The van der Waals surface area contributed by atoms with Crippen molar-refractivity contribution < 1.29 is 8.42 Å². The molecule has 0 atom stereocenters. The summed E-state index contributed by atoms with van der Waals surface area (Å²) in [5.41, 5.74) is 7.06. The molecule has 0 amide bonds. The highest BCUT2D eigenvalue weighted by molar-refractivity contribution is 7.91. The molecule has 0 aliphatic carbocycles. The lowest BCUT2D eigenvalue weighted by Gasteiger charge is -2.05. The minimum atomic E-state index is -3.04. The Morgan fingerprint density at radius 1 is 1.26 bits per heavy atom. The molecule has 0 aliphatic heterocycles. The van der Waals surface area contributed by atoms with Gasteiger partial charge in [0.15, 0.2) is 15.7 Å². The zero-order valence-corrected chi connectivity index (χ0v) is 11.3. The van der Waals surface area contributed by atoms with E-state index in [1.165, 1.54) is 4.68 Å². The van der Waals surface area contributed by atoms with Crippen molar-refractivity contribution >= 4 is 15.5 Å². The molecule has 0 fully saturated rings. The molecule has 0 saturated carbocycles. The van der Waals surface area contributed by atoms with Crippen LogP contribution in [0, 0.1) is 0 Å². The molecule has 1 aromatic heterocycles. The van der Waals surface area contributed by atoms with E-state index in [1.807, 2.05) is 0 Å².